The molecule has 10 aromatic rings. The smallest absolute Gasteiger partial charge is 0.164 e. The molecule has 262 valence electrons. The number of nitrogens with zero attached hydrogens (tertiary/aromatic N) is 4. The predicted molar refractivity (Wildman–Crippen MR) is 231 cm³/mol. The zero-order chi connectivity index (χ0) is 37.3. The molecule has 2 heterocycles. The molecule has 0 saturated heterocycles. The lowest BCUT2D eigenvalue weighted by Gasteiger charge is -2.15. The lowest BCUT2D eigenvalue weighted by Crippen LogP contribution is -2.00. The van der Waals surface area contributed by atoms with Gasteiger partial charge in [0.1, 0.15) is 0 Å². The van der Waals surface area contributed by atoms with Gasteiger partial charge in [0.25, 0.3) is 0 Å². The Kier molecular flexibility index (Phi) is 8.47. The topological polar surface area (TPSA) is 51.6 Å². The fourth-order valence-electron chi connectivity index (χ4n) is 7.53. The molecule has 0 aliphatic heterocycles. The largest absolute Gasteiger partial charge is 0.247 e. The summed E-state index contributed by atoms with van der Waals surface area (Å²) in [5, 5.41) is 3.40. The third kappa shape index (κ3) is 6.29. The van der Waals surface area contributed by atoms with Crippen molar-refractivity contribution in [1.82, 2.24) is 19.9 Å². The van der Waals surface area contributed by atoms with Gasteiger partial charge >= 0.3 is 0 Å². The predicted octanol–water partition coefficient (Wildman–Crippen LogP) is 13.2. The maximum atomic E-state index is 5.17. The van der Waals surface area contributed by atoms with Gasteiger partial charge in [0, 0.05) is 38.4 Å². The van der Waals surface area contributed by atoms with Crippen LogP contribution in [0.1, 0.15) is 0 Å². The highest BCUT2D eigenvalue weighted by atomic mass is 15.0. The summed E-state index contributed by atoms with van der Waals surface area (Å²) in [5.74, 6) is 1.86. The van der Waals surface area contributed by atoms with Crippen molar-refractivity contribution in [3.63, 3.8) is 0 Å². The number of para-hydroxylation sites is 1. The zero-order valence-corrected chi connectivity index (χ0v) is 30.4. The van der Waals surface area contributed by atoms with Crippen molar-refractivity contribution in [2.24, 2.45) is 0 Å². The van der Waals surface area contributed by atoms with Crippen molar-refractivity contribution in [3.05, 3.63) is 206 Å². The van der Waals surface area contributed by atoms with Crippen molar-refractivity contribution in [2.75, 3.05) is 0 Å². The van der Waals surface area contributed by atoms with Crippen LogP contribution >= 0.6 is 0 Å². The fraction of sp³-hybridized carbons (Fsp3) is 0. The van der Waals surface area contributed by atoms with Gasteiger partial charge in [-0.15, -0.1) is 0 Å². The van der Waals surface area contributed by atoms with E-state index in [0.29, 0.717) is 17.5 Å². The molecule has 4 heteroatoms. The summed E-state index contributed by atoms with van der Waals surface area (Å²) in [4.78, 5) is 20.5. The molecule has 0 aliphatic carbocycles. The van der Waals surface area contributed by atoms with E-state index < -0.39 is 0 Å². The lowest BCUT2D eigenvalue weighted by molar-refractivity contribution is 1.07. The second kappa shape index (κ2) is 14.3. The average Bonchev–Trinajstić information content (AvgIpc) is 3.29. The number of hydrogen-bond donors (Lipinski definition) is 0. The molecule has 0 unspecified atom stereocenters. The Labute approximate surface area is 325 Å². The number of benzene rings is 8. The van der Waals surface area contributed by atoms with E-state index in [4.69, 9.17) is 19.9 Å². The van der Waals surface area contributed by atoms with Gasteiger partial charge in [-0.05, 0) is 45.5 Å². The van der Waals surface area contributed by atoms with Gasteiger partial charge in [-0.2, -0.15) is 0 Å². The van der Waals surface area contributed by atoms with Crippen LogP contribution < -0.4 is 0 Å². The Balaban J connectivity index is 1.12. The van der Waals surface area contributed by atoms with Gasteiger partial charge in [-0.25, -0.2) is 19.9 Å². The number of aromatic nitrogens is 4. The van der Waals surface area contributed by atoms with Crippen LogP contribution in [0.5, 0.6) is 0 Å². The monoisotopic (exact) mass is 714 g/mol. The first-order valence-corrected chi connectivity index (χ1v) is 18.8. The normalized spacial score (nSPS) is 11.2. The summed E-state index contributed by atoms with van der Waals surface area (Å²) >= 11 is 0. The van der Waals surface area contributed by atoms with Crippen LogP contribution in [0.4, 0.5) is 0 Å². The highest BCUT2D eigenvalue weighted by Crippen LogP contribution is 2.39. The van der Waals surface area contributed by atoms with E-state index in [1.165, 1.54) is 16.5 Å². The highest BCUT2D eigenvalue weighted by Gasteiger charge is 2.17. The standard InChI is InChI=1S/C52H34N4/c1-4-14-35(15-5-1)37-26-30-40(31-27-37)50-54-51(41-32-28-38(29-33-41)36-16-6-2-7-17-36)56-52(55-50)43-21-12-20-42(34-43)44-23-13-24-46-48(44)45-22-10-11-25-47(45)53-49(46)39-18-8-3-9-19-39/h1-34H. The average molecular weight is 715 g/mol. The third-order valence-electron chi connectivity index (χ3n) is 10.3. The van der Waals surface area contributed by atoms with Crippen LogP contribution in [0.15, 0.2) is 206 Å². The maximum absolute atomic E-state index is 5.17. The third-order valence-corrected chi connectivity index (χ3v) is 10.3. The number of rotatable bonds is 7. The lowest BCUT2D eigenvalue weighted by atomic mass is 9.92. The Hall–Kier alpha value is -7.56. The summed E-state index contributed by atoms with van der Waals surface area (Å²) < 4.78 is 0. The van der Waals surface area contributed by atoms with E-state index in [1.807, 2.05) is 18.2 Å². The van der Waals surface area contributed by atoms with Crippen molar-refractivity contribution >= 4 is 21.7 Å². The molecular formula is C52H34N4. The molecule has 8 aromatic carbocycles. The summed E-state index contributed by atoms with van der Waals surface area (Å²) in [6.07, 6.45) is 0. The summed E-state index contributed by atoms with van der Waals surface area (Å²) in [5.41, 5.74) is 12.6. The van der Waals surface area contributed by atoms with Crippen LogP contribution in [0, 0.1) is 0 Å². The molecular weight excluding hydrogens is 681 g/mol. The van der Waals surface area contributed by atoms with Crippen LogP contribution in [0.3, 0.4) is 0 Å². The molecule has 0 atom stereocenters. The fourth-order valence-corrected chi connectivity index (χ4v) is 7.53. The molecule has 0 aliphatic rings. The summed E-state index contributed by atoms with van der Waals surface area (Å²) in [6.45, 7) is 0. The first-order chi connectivity index (χ1) is 27.7. The molecule has 0 saturated carbocycles. The Bertz CT molecular complexity index is 2880. The molecule has 0 fully saturated rings. The Morgan fingerprint density at radius 1 is 0.250 bits per heavy atom. The quantitative estimate of drug-likeness (QED) is 0.154. The first-order valence-electron chi connectivity index (χ1n) is 18.8. The Morgan fingerprint density at radius 3 is 1.25 bits per heavy atom. The van der Waals surface area contributed by atoms with Gasteiger partial charge < -0.3 is 0 Å². The summed E-state index contributed by atoms with van der Waals surface area (Å²) in [6, 6.07) is 71.6. The number of fused-ring (bicyclic) bond motifs is 3. The second-order valence-corrected chi connectivity index (χ2v) is 13.8. The van der Waals surface area contributed by atoms with Crippen molar-refractivity contribution in [1.29, 1.82) is 0 Å². The van der Waals surface area contributed by atoms with Gasteiger partial charge in [0.2, 0.25) is 0 Å². The van der Waals surface area contributed by atoms with E-state index >= 15 is 0 Å². The SMILES string of the molecule is c1ccc(-c2ccc(-c3nc(-c4ccc(-c5ccccc5)cc4)nc(-c4cccc(-c5cccc6c(-c7ccccc7)nc7ccccc7c56)c4)n3)cc2)cc1. The van der Waals surface area contributed by atoms with Crippen molar-refractivity contribution in [2.45, 2.75) is 0 Å². The van der Waals surface area contributed by atoms with E-state index in [0.717, 1.165) is 66.5 Å². The molecule has 56 heavy (non-hydrogen) atoms. The summed E-state index contributed by atoms with van der Waals surface area (Å²) in [7, 11) is 0. The van der Waals surface area contributed by atoms with E-state index in [2.05, 4.69) is 188 Å². The van der Waals surface area contributed by atoms with Gasteiger partial charge in [0.15, 0.2) is 17.5 Å². The Morgan fingerprint density at radius 2 is 0.661 bits per heavy atom. The second-order valence-electron chi connectivity index (χ2n) is 13.8. The molecule has 0 amide bonds. The molecule has 0 bridgehead atoms. The van der Waals surface area contributed by atoms with E-state index in [9.17, 15) is 0 Å². The molecule has 0 spiro atoms. The molecule has 10 rings (SSSR count). The number of pyridine rings is 1. The zero-order valence-electron chi connectivity index (χ0n) is 30.4. The molecule has 0 radical (unpaired) electrons. The van der Waals surface area contributed by atoms with E-state index in [-0.39, 0.29) is 0 Å². The maximum Gasteiger partial charge on any atom is 0.164 e. The van der Waals surface area contributed by atoms with Crippen LogP contribution in [-0.2, 0) is 0 Å². The van der Waals surface area contributed by atoms with Crippen molar-refractivity contribution in [3.8, 4) is 78.8 Å². The number of hydrogen-bond acceptors (Lipinski definition) is 4. The highest BCUT2D eigenvalue weighted by molar-refractivity contribution is 6.17. The van der Waals surface area contributed by atoms with Gasteiger partial charge in [-0.1, -0.05) is 194 Å². The van der Waals surface area contributed by atoms with E-state index in [1.54, 1.807) is 0 Å². The van der Waals surface area contributed by atoms with Gasteiger partial charge in [0.05, 0.1) is 11.2 Å². The van der Waals surface area contributed by atoms with Crippen LogP contribution in [0.25, 0.3) is 100 Å². The van der Waals surface area contributed by atoms with Crippen LogP contribution in [0.2, 0.25) is 0 Å². The minimum Gasteiger partial charge on any atom is -0.247 e. The minimum absolute atomic E-state index is 0.614. The van der Waals surface area contributed by atoms with Crippen molar-refractivity contribution < 1.29 is 0 Å². The minimum atomic E-state index is 0.614. The molecule has 4 nitrogen and oxygen atoms in total. The van der Waals surface area contributed by atoms with Crippen LogP contribution in [-0.4, -0.2) is 19.9 Å². The van der Waals surface area contributed by atoms with Gasteiger partial charge in [-0.3, -0.25) is 0 Å². The molecule has 2 aromatic heterocycles. The first kappa shape index (κ1) is 33.0. The molecule has 0 N–H and O–H groups in total.